The third kappa shape index (κ3) is 5.47. The number of para-hydroxylation sites is 1. The van der Waals surface area contributed by atoms with E-state index in [-0.39, 0.29) is 22.8 Å². The van der Waals surface area contributed by atoms with Gasteiger partial charge in [-0.25, -0.2) is 17.2 Å². The molecule has 32 heavy (non-hydrogen) atoms. The molecule has 3 aromatic rings. The first-order chi connectivity index (χ1) is 15.1. The molecule has 170 valence electrons. The molecule has 0 bridgehead atoms. The van der Waals surface area contributed by atoms with Crippen molar-refractivity contribution in [3.05, 3.63) is 64.1 Å². The maximum atomic E-state index is 14.1. The highest BCUT2D eigenvalue weighted by molar-refractivity contribution is 7.92. The summed E-state index contributed by atoms with van der Waals surface area (Å²) < 4.78 is 61.8. The minimum atomic E-state index is -3.72. The van der Waals surface area contributed by atoms with Crippen molar-refractivity contribution in [3.63, 3.8) is 0 Å². The zero-order chi connectivity index (χ0) is 23.5. The zero-order valence-electron chi connectivity index (χ0n) is 17.7. The van der Waals surface area contributed by atoms with Gasteiger partial charge in [0, 0.05) is 30.4 Å². The van der Waals surface area contributed by atoms with E-state index in [1.54, 1.807) is 20.0 Å². The van der Waals surface area contributed by atoms with E-state index in [2.05, 4.69) is 14.7 Å². The Morgan fingerprint density at radius 1 is 1.16 bits per heavy atom. The molecule has 2 heterocycles. The van der Waals surface area contributed by atoms with Crippen LogP contribution in [-0.2, 0) is 17.1 Å². The van der Waals surface area contributed by atoms with Crippen LogP contribution < -0.4 is 15.0 Å². The molecule has 0 aliphatic heterocycles. The normalized spacial score (nSPS) is 11.4. The second-order valence-corrected chi connectivity index (χ2v) is 9.02. The summed E-state index contributed by atoms with van der Waals surface area (Å²) in [4.78, 5) is 20.2. The smallest absolute Gasteiger partial charge is 0.324 e. The Kier molecular flexibility index (Phi) is 6.87. The molecular formula is C21H22F2N4O4S. The second kappa shape index (κ2) is 9.43. The fourth-order valence-electron chi connectivity index (χ4n) is 2.90. The predicted octanol–water partition coefficient (Wildman–Crippen LogP) is 3.76. The Hall–Kier alpha value is -3.34. The largest absolute Gasteiger partial charge is 0.418 e. The first kappa shape index (κ1) is 23.3. The number of aromatic nitrogens is 3. The van der Waals surface area contributed by atoms with Gasteiger partial charge >= 0.3 is 6.01 Å². The molecule has 0 spiro atoms. The van der Waals surface area contributed by atoms with Crippen LogP contribution in [0, 0.1) is 18.6 Å². The Morgan fingerprint density at radius 2 is 1.84 bits per heavy atom. The van der Waals surface area contributed by atoms with Crippen molar-refractivity contribution < 1.29 is 21.9 Å². The number of anilines is 1. The van der Waals surface area contributed by atoms with Crippen LogP contribution >= 0.6 is 0 Å². The van der Waals surface area contributed by atoms with Crippen LogP contribution in [0.15, 0.2) is 41.3 Å². The zero-order valence-corrected chi connectivity index (χ0v) is 18.5. The number of hydrogen-bond acceptors (Lipinski definition) is 6. The highest BCUT2D eigenvalue weighted by Gasteiger charge is 2.18. The minimum Gasteiger partial charge on any atom is -0.418 e. The molecule has 2 aromatic heterocycles. The molecule has 0 aliphatic rings. The van der Waals surface area contributed by atoms with E-state index in [0.29, 0.717) is 24.0 Å². The molecule has 3 rings (SSSR count). The lowest BCUT2D eigenvalue weighted by Crippen LogP contribution is -2.19. The van der Waals surface area contributed by atoms with Crippen molar-refractivity contribution in [2.24, 2.45) is 7.05 Å². The number of benzene rings is 1. The maximum absolute atomic E-state index is 14.1. The van der Waals surface area contributed by atoms with Crippen LogP contribution in [0.3, 0.4) is 0 Å². The molecule has 11 heteroatoms. The number of ether oxygens (including phenoxy) is 1. The van der Waals surface area contributed by atoms with Gasteiger partial charge in [-0.2, -0.15) is 9.97 Å². The summed E-state index contributed by atoms with van der Waals surface area (Å²) in [5.74, 6) is -2.92. The SMILES string of the molecule is CCCCS(=O)(=O)Nc1cc(-c2cc(C)c(=O)n(C)c2)nc(Oc2c(F)cccc2F)n1. The fourth-order valence-corrected chi connectivity index (χ4v) is 4.10. The molecule has 0 amide bonds. The van der Waals surface area contributed by atoms with Crippen LogP contribution in [0.1, 0.15) is 25.3 Å². The summed E-state index contributed by atoms with van der Waals surface area (Å²) in [6, 6.07) is 5.64. The number of hydrogen-bond donors (Lipinski definition) is 1. The summed E-state index contributed by atoms with van der Waals surface area (Å²) in [6.07, 6.45) is 2.62. The first-order valence-corrected chi connectivity index (χ1v) is 11.4. The molecular weight excluding hydrogens is 442 g/mol. The predicted molar refractivity (Wildman–Crippen MR) is 116 cm³/mol. The summed E-state index contributed by atoms with van der Waals surface area (Å²) in [7, 11) is -2.17. The van der Waals surface area contributed by atoms with Gasteiger partial charge in [0.2, 0.25) is 15.8 Å². The van der Waals surface area contributed by atoms with E-state index in [9.17, 15) is 22.0 Å². The quantitative estimate of drug-likeness (QED) is 0.545. The molecule has 0 radical (unpaired) electrons. The van der Waals surface area contributed by atoms with Crippen molar-refractivity contribution in [2.45, 2.75) is 26.7 Å². The lowest BCUT2D eigenvalue weighted by atomic mass is 10.1. The number of aryl methyl sites for hydroxylation is 2. The van der Waals surface area contributed by atoms with E-state index in [1.807, 2.05) is 6.92 Å². The molecule has 1 aromatic carbocycles. The summed E-state index contributed by atoms with van der Waals surface area (Å²) in [6.45, 7) is 3.47. The number of nitrogens with zero attached hydrogens (tertiary/aromatic N) is 3. The Morgan fingerprint density at radius 3 is 2.47 bits per heavy atom. The van der Waals surface area contributed by atoms with Gasteiger partial charge in [-0.15, -0.1) is 0 Å². The number of rotatable bonds is 8. The Bertz CT molecular complexity index is 1260. The fraction of sp³-hybridized carbons (Fsp3) is 0.286. The van der Waals surface area contributed by atoms with E-state index in [0.717, 1.165) is 12.1 Å². The number of unbranched alkanes of at least 4 members (excludes halogenated alkanes) is 1. The van der Waals surface area contributed by atoms with Gasteiger partial charge in [-0.1, -0.05) is 19.4 Å². The summed E-state index contributed by atoms with van der Waals surface area (Å²) in [5, 5.41) is 0. The molecule has 0 saturated carbocycles. The number of pyridine rings is 1. The standard InChI is InChI=1S/C21H22F2N4O4S/c1-4-5-9-32(29,30)26-18-11-17(14-10-13(2)20(28)27(3)12-14)24-21(25-18)31-19-15(22)7-6-8-16(19)23/h6-8,10-12H,4-5,9H2,1-3H3,(H,24,25,26). The van der Waals surface area contributed by atoms with Gasteiger partial charge in [0.15, 0.2) is 11.6 Å². The average molecular weight is 464 g/mol. The van der Waals surface area contributed by atoms with Crippen molar-refractivity contribution >= 4 is 15.8 Å². The summed E-state index contributed by atoms with van der Waals surface area (Å²) >= 11 is 0. The van der Waals surface area contributed by atoms with Crippen molar-refractivity contribution in [2.75, 3.05) is 10.5 Å². The highest BCUT2D eigenvalue weighted by atomic mass is 32.2. The summed E-state index contributed by atoms with van der Waals surface area (Å²) in [5.41, 5.74) is 0.864. The van der Waals surface area contributed by atoms with Gasteiger partial charge in [0.05, 0.1) is 11.4 Å². The number of sulfonamides is 1. The van der Waals surface area contributed by atoms with Gasteiger partial charge < -0.3 is 9.30 Å². The third-order valence-corrected chi connectivity index (χ3v) is 5.85. The van der Waals surface area contributed by atoms with Crippen LogP contribution in [-0.4, -0.2) is 28.7 Å². The van der Waals surface area contributed by atoms with Crippen LogP contribution in [0.2, 0.25) is 0 Å². The van der Waals surface area contributed by atoms with Crippen LogP contribution in [0.5, 0.6) is 11.8 Å². The molecule has 0 saturated heterocycles. The maximum Gasteiger partial charge on any atom is 0.324 e. The van der Waals surface area contributed by atoms with Gasteiger partial charge in [-0.05, 0) is 31.5 Å². The molecule has 8 nitrogen and oxygen atoms in total. The monoisotopic (exact) mass is 464 g/mol. The highest BCUT2D eigenvalue weighted by Crippen LogP contribution is 2.29. The molecule has 0 fully saturated rings. The van der Waals surface area contributed by atoms with Crippen molar-refractivity contribution in [1.82, 2.24) is 14.5 Å². The van der Waals surface area contributed by atoms with Gasteiger partial charge in [0.25, 0.3) is 5.56 Å². The van der Waals surface area contributed by atoms with Crippen LogP contribution in [0.25, 0.3) is 11.3 Å². The lowest BCUT2D eigenvalue weighted by molar-refractivity contribution is 0.383. The van der Waals surface area contributed by atoms with Gasteiger partial charge in [0.1, 0.15) is 5.82 Å². The Labute approximate surface area is 184 Å². The second-order valence-electron chi connectivity index (χ2n) is 7.18. The van der Waals surface area contributed by atoms with Crippen molar-refractivity contribution in [1.29, 1.82) is 0 Å². The minimum absolute atomic E-state index is 0.125. The molecule has 1 N–H and O–H groups in total. The molecule has 0 atom stereocenters. The number of halogens is 2. The van der Waals surface area contributed by atoms with Crippen molar-refractivity contribution in [3.8, 4) is 23.0 Å². The Balaban J connectivity index is 2.10. The molecule has 0 aliphatic carbocycles. The first-order valence-electron chi connectivity index (χ1n) is 9.78. The average Bonchev–Trinajstić information content (AvgIpc) is 2.72. The van der Waals surface area contributed by atoms with Gasteiger partial charge in [-0.3, -0.25) is 9.52 Å². The van der Waals surface area contributed by atoms with E-state index >= 15 is 0 Å². The van der Waals surface area contributed by atoms with E-state index < -0.39 is 33.4 Å². The lowest BCUT2D eigenvalue weighted by Gasteiger charge is -2.12. The third-order valence-electron chi connectivity index (χ3n) is 4.50. The molecule has 0 unspecified atom stereocenters. The van der Waals surface area contributed by atoms with E-state index in [4.69, 9.17) is 4.74 Å². The van der Waals surface area contributed by atoms with Crippen LogP contribution in [0.4, 0.5) is 14.6 Å². The number of nitrogens with one attached hydrogen (secondary N) is 1. The topological polar surface area (TPSA) is 103 Å². The van der Waals surface area contributed by atoms with E-state index in [1.165, 1.54) is 22.9 Å².